The SMILES string of the molecule is CN(C(=O)O)C1CC(N=[N+]=[N-])C1. The van der Waals surface area contributed by atoms with Gasteiger partial charge in [0.15, 0.2) is 0 Å². The van der Waals surface area contributed by atoms with Gasteiger partial charge in [0, 0.05) is 24.0 Å². The van der Waals surface area contributed by atoms with Crippen LogP contribution < -0.4 is 0 Å². The van der Waals surface area contributed by atoms with Crippen LogP contribution in [0.4, 0.5) is 4.79 Å². The molecule has 0 aliphatic heterocycles. The summed E-state index contributed by atoms with van der Waals surface area (Å²) in [5.74, 6) is 0. The van der Waals surface area contributed by atoms with Gasteiger partial charge in [0.25, 0.3) is 0 Å². The zero-order valence-electron chi connectivity index (χ0n) is 6.71. The second kappa shape index (κ2) is 3.32. The molecular weight excluding hydrogens is 160 g/mol. The Morgan fingerprint density at radius 1 is 1.75 bits per heavy atom. The van der Waals surface area contributed by atoms with Crippen LogP contribution in [-0.2, 0) is 0 Å². The van der Waals surface area contributed by atoms with Crippen molar-refractivity contribution in [2.45, 2.75) is 24.9 Å². The van der Waals surface area contributed by atoms with Crippen molar-refractivity contribution in [1.82, 2.24) is 4.90 Å². The summed E-state index contributed by atoms with van der Waals surface area (Å²) in [6.07, 6.45) is 0.360. The number of hydrogen-bond acceptors (Lipinski definition) is 2. The van der Waals surface area contributed by atoms with Crippen LogP contribution in [-0.4, -0.2) is 35.2 Å². The number of rotatable bonds is 2. The van der Waals surface area contributed by atoms with Crippen molar-refractivity contribution in [3.05, 3.63) is 10.4 Å². The molecule has 1 aliphatic rings. The summed E-state index contributed by atoms with van der Waals surface area (Å²) in [4.78, 5) is 14.3. The highest BCUT2D eigenvalue weighted by Gasteiger charge is 2.33. The number of carboxylic acid groups (broad SMARTS) is 1. The molecule has 0 bridgehead atoms. The Labute approximate surface area is 69.4 Å². The molecule has 0 atom stereocenters. The van der Waals surface area contributed by atoms with Gasteiger partial charge in [0.2, 0.25) is 0 Å². The number of carbonyl (C=O) groups is 1. The van der Waals surface area contributed by atoms with Crippen LogP contribution in [0.25, 0.3) is 10.4 Å². The third kappa shape index (κ3) is 1.60. The smallest absolute Gasteiger partial charge is 0.407 e. The van der Waals surface area contributed by atoms with E-state index < -0.39 is 6.09 Å². The molecular formula is C6H10N4O2. The molecule has 0 unspecified atom stereocenters. The average molecular weight is 170 g/mol. The Bertz CT molecular complexity index is 230. The van der Waals surface area contributed by atoms with E-state index in [2.05, 4.69) is 10.0 Å². The van der Waals surface area contributed by atoms with Crippen LogP contribution in [0.1, 0.15) is 12.8 Å². The maximum atomic E-state index is 10.4. The first-order valence-electron chi connectivity index (χ1n) is 3.65. The number of amides is 1. The first-order valence-corrected chi connectivity index (χ1v) is 3.65. The minimum absolute atomic E-state index is 0.0122. The zero-order valence-corrected chi connectivity index (χ0v) is 6.71. The summed E-state index contributed by atoms with van der Waals surface area (Å²) >= 11 is 0. The summed E-state index contributed by atoms with van der Waals surface area (Å²) in [7, 11) is 1.53. The zero-order chi connectivity index (χ0) is 9.14. The molecule has 0 aromatic rings. The molecule has 12 heavy (non-hydrogen) atoms. The molecule has 1 fully saturated rings. The summed E-state index contributed by atoms with van der Waals surface area (Å²) in [5.41, 5.74) is 8.06. The van der Waals surface area contributed by atoms with E-state index in [9.17, 15) is 4.79 Å². The summed E-state index contributed by atoms with van der Waals surface area (Å²) in [6.45, 7) is 0. The van der Waals surface area contributed by atoms with Gasteiger partial charge in [0.1, 0.15) is 0 Å². The first-order chi connectivity index (χ1) is 5.65. The second-order valence-corrected chi connectivity index (χ2v) is 2.88. The Hall–Kier alpha value is -1.42. The molecule has 6 heteroatoms. The van der Waals surface area contributed by atoms with Crippen molar-refractivity contribution in [3.8, 4) is 0 Å². The molecule has 1 aliphatic carbocycles. The van der Waals surface area contributed by atoms with Crippen LogP contribution in [0, 0.1) is 0 Å². The largest absolute Gasteiger partial charge is 0.465 e. The Kier molecular flexibility index (Phi) is 2.40. The van der Waals surface area contributed by atoms with Gasteiger partial charge in [-0.1, -0.05) is 5.11 Å². The molecule has 0 heterocycles. The lowest BCUT2D eigenvalue weighted by molar-refractivity contribution is 0.106. The van der Waals surface area contributed by atoms with E-state index in [1.54, 1.807) is 0 Å². The summed E-state index contributed by atoms with van der Waals surface area (Å²) in [5, 5.41) is 12.0. The van der Waals surface area contributed by atoms with Gasteiger partial charge in [-0.15, -0.1) is 0 Å². The Morgan fingerprint density at radius 2 is 2.33 bits per heavy atom. The van der Waals surface area contributed by atoms with E-state index in [0.29, 0.717) is 12.8 Å². The highest BCUT2D eigenvalue weighted by atomic mass is 16.4. The maximum Gasteiger partial charge on any atom is 0.407 e. The molecule has 1 amide bonds. The molecule has 6 nitrogen and oxygen atoms in total. The van der Waals surface area contributed by atoms with Crippen LogP contribution in [0.2, 0.25) is 0 Å². The quantitative estimate of drug-likeness (QED) is 0.386. The lowest BCUT2D eigenvalue weighted by atomic mass is 9.87. The van der Waals surface area contributed by atoms with Crippen molar-refractivity contribution in [2.75, 3.05) is 7.05 Å². The normalized spacial score (nSPS) is 26.8. The number of hydrogen-bond donors (Lipinski definition) is 1. The molecule has 66 valence electrons. The fourth-order valence-electron chi connectivity index (χ4n) is 1.20. The molecule has 0 aromatic heterocycles. The van der Waals surface area contributed by atoms with E-state index in [1.165, 1.54) is 11.9 Å². The van der Waals surface area contributed by atoms with Gasteiger partial charge in [0.05, 0.1) is 0 Å². The third-order valence-corrected chi connectivity index (χ3v) is 2.15. The molecule has 0 aromatic carbocycles. The molecule has 0 spiro atoms. The Balaban J connectivity index is 2.34. The minimum Gasteiger partial charge on any atom is -0.465 e. The van der Waals surface area contributed by atoms with Crippen LogP contribution >= 0.6 is 0 Å². The van der Waals surface area contributed by atoms with Gasteiger partial charge in [-0.2, -0.15) is 0 Å². The standard InChI is InChI=1S/C6H10N4O2/c1-10(6(11)12)5-2-4(3-5)8-9-7/h4-5H,2-3H2,1H3,(H,11,12). The van der Waals surface area contributed by atoms with Crippen molar-refractivity contribution in [1.29, 1.82) is 0 Å². The second-order valence-electron chi connectivity index (χ2n) is 2.88. The van der Waals surface area contributed by atoms with Crippen LogP contribution in [0.15, 0.2) is 5.11 Å². The minimum atomic E-state index is -0.931. The monoisotopic (exact) mass is 170 g/mol. The fourth-order valence-corrected chi connectivity index (χ4v) is 1.20. The van der Waals surface area contributed by atoms with Crippen molar-refractivity contribution in [2.24, 2.45) is 5.11 Å². The fraction of sp³-hybridized carbons (Fsp3) is 0.833. The van der Waals surface area contributed by atoms with E-state index in [4.69, 9.17) is 10.6 Å². The van der Waals surface area contributed by atoms with Gasteiger partial charge in [-0.3, -0.25) is 0 Å². The van der Waals surface area contributed by atoms with Crippen molar-refractivity contribution < 1.29 is 9.90 Å². The van der Waals surface area contributed by atoms with Gasteiger partial charge in [-0.05, 0) is 18.4 Å². The number of azide groups is 1. The van der Waals surface area contributed by atoms with Crippen LogP contribution in [0.3, 0.4) is 0 Å². The average Bonchev–Trinajstić information content (AvgIpc) is 1.94. The van der Waals surface area contributed by atoms with E-state index in [-0.39, 0.29) is 12.1 Å². The summed E-state index contributed by atoms with van der Waals surface area (Å²) < 4.78 is 0. The topological polar surface area (TPSA) is 89.3 Å². The lowest BCUT2D eigenvalue weighted by Gasteiger charge is -2.37. The predicted molar refractivity (Wildman–Crippen MR) is 41.7 cm³/mol. The van der Waals surface area contributed by atoms with E-state index in [1.807, 2.05) is 0 Å². The first kappa shape index (κ1) is 8.67. The van der Waals surface area contributed by atoms with Crippen molar-refractivity contribution >= 4 is 6.09 Å². The highest BCUT2D eigenvalue weighted by Crippen LogP contribution is 2.27. The predicted octanol–water partition coefficient (Wildman–Crippen LogP) is 1.44. The molecule has 1 saturated carbocycles. The Morgan fingerprint density at radius 3 is 2.75 bits per heavy atom. The maximum absolute atomic E-state index is 10.4. The molecule has 1 N–H and O–H groups in total. The van der Waals surface area contributed by atoms with Gasteiger partial charge < -0.3 is 10.0 Å². The van der Waals surface area contributed by atoms with E-state index in [0.717, 1.165) is 0 Å². The van der Waals surface area contributed by atoms with Gasteiger partial charge >= 0.3 is 6.09 Å². The van der Waals surface area contributed by atoms with Crippen molar-refractivity contribution in [3.63, 3.8) is 0 Å². The van der Waals surface area contributed by atoms with E-state index >= 15 is 0 Å². The molecule has 0 saturated heterocycles. The molecule has 0 radical (unpaired) electrons. The van der Waals surface area contributed by atoms with Gasteiger partial charge in [-0.25, -0.2) is 4.79 Å². The van der Waals surface area contributed by atoms with Crippen LogP contribution in [0.5, 0.6) is 0 Å². The third-order valence-electron chi connectivity index (χ3n) is 2.15. The lowest BCUT2D eigenvalue weighted by Crippen LogP contribution is -2.46. The highest BCUT2D eigenvalue weighted by molar-refractivity contribution is 5.65. The number of nitrogens with zero attached hydrogens (tertiary/aromatic N) is 4. The summed E-state index contributed by atoms with van der Waals surface area (Å²) in [6, 6.07) is 0.0137. The molecule has 1 rings (SSSR count).